The molecule has 0 atom stereocenters. The van der Waals surface area contributed by atoms with Crippen molar-refractivity contribution in [2.45, 2.75) is 0 Å². The number of nitrogen functional groups attached to an aromatic ring is 1. The van der Waals surface area contributed by atoms with Gasteiger partial charge in [0.15, 0.2) is 11.6 Å². The van der Waals surface area contributed by atoms with Crippen LogP contribution in [0.3, 0.4) is 0 Å². The van der Waals surface area contributed by atoms with Crippen LogP contribution in [-0.2, 0) is 0 Å². The summed E-state index contributed by atoms with van der Waals surface area (Å²) in [5.74, 6) is -0.407. The predicted molar refractivity (Wildman–Crippen MR) is 74.8 cm³/mol. The van der Waals surface area contributed by atoms with Gasteiger partial charge in [-0.2, -0.15) is 5.26 Å². The molecule has 0 aliphatic carbocycles. The molecule has 0 bridgehead atoms. The molecular formula is C13H7BrClFN2O. The highest BCUT2D eigenvalue weighted by Gasteiger charge is 2.14. The first-order valence-corrected chi connectivity index (χ1v) is 6.31. The fraction of sp³-hybridized carbons (Fsp3) is 0. The van der Waals surface area contributed by atoms with E-state index < -0.39 is 5.82 Å². The topological polar surface area (TPSA) is 59.0 Å². The Morgan fingerprint density at radius 1 is 1.26 bits per heavy atom. The highest BCUT2D eigenvalue weighted by Crippen LogP contribution is 2.35. The number of hydrogen-bond donors (Lipinski definition) is 1. The van der Waals surface area contributed by atoms with Crippen LogP contribution in [0.15, 0.2) is 34.8 Å². The van der Waals surface area contributed by atoms with Crippen molar-refractivity contribution in [2.24, 2.45) is 0 Å². The lowest BCUT2D eigenvalue weighted by Crippen LogP contribution is -1.93. The lowest BCUT2D eigenvalue weighted by molar-refractivity contribution is 0.440. The molecule has 0 saturated carbocycles. The van der Waals surface area contributed by atoms with Crippen molar-refractivity contribution in [3.63, 3.8) is 0 Å². The van der Waals surface area contributed by atoms with Gasteiger partial charge < -0.3 is 10.5 Å². The Morgan fingerprint density at radius 3 is 2.58 bits per heavy atom. The van der Waals surface area contributed by atoms with E-state index in [2.05, 4.69) is 15.9 Å². The predicted octanol–water partition coefficient (Wildman–Crippen LogP) is 4.49. The Morgan fingerprint density at radius 2 is 1.95 bits per heavy atom. The maximum absolute atomic E-state index is 14.0. The smallest absolute Gasteiger partial charge is 0.181 e. The summed E-state index contributed by atoms with van der Waals surface area (Å²) in [4.78, 5) is 0. The number of nitrogens with zero attached hydrogens (tertiary/aromatic N) is 1. The molecule has 3 nitrogen and oxygen atoms in total. The monoisotopic (exact) mass is 340 g/mol. The first-order chi connectivity index (χ1) is 9.02. The molecule has 2 rings (SSSR count). The van der Waals surface area contributed by atoms with Crippen LogP contribution in [-0.4, -0.2) is 0 Å². The number of benzene rings is 2. The second kappa shape index (κ2) is 5.47. The van der Waals surface area contributed by atoms with Gasteiger partial charge in [0, 0.05) is 5.69 Å². The van der Waals surface area contributed by atoms with E-state index in [0.717, 1.165) is 0 Å². The standard InChI is InChI=1S/C13H7BrClFN2O/c14-12-7(6-17)1-3-11(13(12)16)19-10-4-2-8(18)5-9(10)15/h1-5H,18H2. The van der Waals surface area contributed by atoms with Gasteiger partial charge in [0.2, 0.25) is 0 Å². The van der Waals surface area contributed by atoms with E-state index in [-0.39, 0.29) is 26.6 Å². The van der Waals surface area contributed by atoms with Gasteiger partial charge in [-0.3, -0.25) is 0 Å². The fourth-order valence-electron chi connectivity index (χ4n) is 1.42. The zero-order valence-electron chi connectivity index (χ0n) is 9.45. The van der Waals surface area contributed by atoms with Crippen molar-refractivity contribution in [3.8, 4) is 17.6 Å². The molecule has 0 heterocycles. The summed E-state index contributed by atoms with van der Waals surface area (Å²) >= 11 is 8.94. The highest BCUT2D eigenvalue weighted by atomic mass is 79.9. The van der Waals surface area contributed by atoms with E-state index in [4.69, 9.17) is 27.3 Å². The maximum atomic E-state index is 14.0. The molecule has 0 fully saturated rings. The Balaban J connectivity index is 2.39. The fourth-order valence-corrected chi connectivity index (χ4v) is 2.06. The third-order valence-electron chi connectivity index (χ3n) is 2.34. The first kappa shape index (κ1) is 13.7. The van der Waals surface area contributed by atoms with Gasteiger partial charge in [-0.05, 0) is 46.3 Å². The summed E-state index contributed by atoms with van der Waals surface area (Å²) in [6, 6.07) is 9.33. The van der Waals surface area contributed by atoms with Crippen LogP contribution in [0.1, 0.15) is 5.56 Å². The summed E-state index contributed by atoms with van der Waals surface area (Å²) in [5, 5.41) is 9.05. The number of nitrogens with two attached hydrogens (primary N) is 1. The Kier molecular flexibility index (Phi) is 3.93. The molecule has 0 aromatic heterocycles. The second-order valence-electron chi connectivity index (χ2n) is 3.64. The average molecular weight is 342 g/mol. The maximum Gasteiger partial charge on any atom is 0.181 e. The van der Waals surface area contributed by atoms with Crippen molar-refractivity contribution in [3.05, 3.63) is 51.2 Å². The van der Waals surface area contributed by atoms with Gasteiger partial charge in [-0.15, -0.1) is 0 Å². The van der Waals surface area contributed by atoms with Crippen molar-refractivity contribution in [2.75, 3.05) is 5.73 Å². The van der Waals surface area contributed by atoms with Crippen molar-refractivity contribution >= 4 is 33.2 Å². The number of halogens is 3. The van der Waals surface area contributed by atoms with Gasteiger partial charge in [0.1, 0.15) is 11.8 Å². The molecular weight excluding hydrogens is 335 g/mol. The van der Waals surface area contributed by atoms with Crippen LogP contribution in [0.5, 0.6) is 11.5 Å². The van der Waals surface area contributed by atoms with Gasteiger partial charge in [0.05, 0.1) is 15.1 Å². The zero-order valence-corrected chi connectivity index (χ0v) is 11.8. The molecule has 96 valence electrons. The molecule has 6 heteroatoms. The molecule has 0 spiro atoms. The van der Waals surface area contributed by atoms with E-state index in [9.17, 15) is 4.39 Å². The van der Waals surface area contributed by atoms with Gasteiger partial charge in [0.25, 0.3) is 0 Å². The third kappa shape index (κ3) is 2.80. The minimum Gasteiger partial charge on any atom is -0.453 e. The first-order valence-electron chi connectivity index (χ1n) is 5.14. The van der Waals surface area contributed by atoms with Crippen LogP contribution in [0.25, 0.3) is 0 Å². The van der Waals surface area contributed by atoms with Gasteiger partial charge in [-0.1, -0.05) is 11.6 Å². The Bertz CT molecular complexity index is 685. The summed E-state index contributed by atoms with van der Waals surface area (Å²) in [6.07, 6.45) is 0. The molecule has 19 heavy (non-hydrogen) atoms. The summed E-state index contributed by atoms with van der Waals surface area (Å²) in [6.45, 7) is 0. The average Bonchev–Trinajstić information content (AvgIpc) is 2.38. The Labute approximate surface area is 122 Å². The molecule has 0 aliphatic heterocycles. The highest BCUT2D eigenvalue weighted by molar-refractivity contribution is 9.10. The van der Waals surface area contributed by atoms with Crippen LogP contribution in [0, 0.1) is 17.1 Å². The number of anilines is 1. The number of hydrogen-bond acceptors (Lipinski definition) is 3. The molecule has 0 radical (unpaired) electrons. The van der Waals surface area contributed by atoms with E-state index in [1.807, 2.05) is 6.07 Å². The second-order valence-corrected chi connectivity index (χ2v) is 4.84. The number of nitriles is 1. The van der Waals surface area contributed by atoms with Crippen molar-refractivity contribution < 1.29 is 9.13 Å². The minimum atomic E-state index is -0.660. The lowest BCUT2D eigenvalue weighted by atomic mass is 10.2. The Hall–Kier alpha value is -1.77. The van der Waals surface area contributed by atoms with E-state index in [0.29, 0.717) is 5.69 Å². The largest absolute Gasteiger partial charge is 0.453 e. The number of ether oxygens (including phenoxy) is 1. The molecule has 0 aliphatic rings. The van der Waals surface area contributed by atoms with Crippen LogP contribution in [0.4, 0.5) is 10.1 Å². The summed E-state index contributed by atoms with van der Waals surface area (Å²) < 4.78 is 19.4. The SMILES string of the molecule is N#Cc1ccc(Oc2ccc(N)cc2Cl)c(F)c1Br. The van der Waals surface area contributed by atoms with E-state index in [1.54, 1.807) is 12.1 Å². The minimum absolute atomic E-state index is 0.0300. The van der Waals surface area contributed by atoms with Crippen LogP contribution in [0.2, 0.25) is 5.02 Å². The molecule has 2 aromatic carbocycles. The summed E-state index contributed by atoms with van der Waals surface area (Å²) in [5.41, 5.74) is 6.23. The third-order valence-corrected chi connectivity index (χ3v) is 3.41. The number of rotatable bonds is 2. The molecule has 0 saturated heterocycles. The van der Waals surface area contributed by atoms with Gasteiger partial charge >= 0.3 is 0 Å². The zero-order chi connectivity index (χ0) is 14.0. The summed E-state index contributed by atoms with van der Waals surface area (Å²) in [7, 11) is 0. The molecule has 0 unspecified atom stereocenters. The quantitative estimate of drug-likeness (QED) is 0.819. The van der Waals surface area contributed by atoms with Crippen LogP contribution >= 0.6 is 27.5 Å². The van der Waals surface area contributed by atoms with E-state index in [1.165, 1.54) is 18.2 Å². The lowest BCUT2D eigenvalue weighted by Gasteiger charge is -2.10. The van der Waals surface area contributed by atoms with Gasteiger partial charge in [-0.25, -0.2) is 4.39 Å². The molecule has 2 N–H and O–H groups in total. The normalized spacial score (nSPS) is 10.0. The van der Waals surface area contributed by atoms with E-state index >= 15 is 0 Å². The van der Waals surface area contributed by atoms with Crippen LogP contribution < -0.4 is 10.5 Å². The molecule has 0 amide bonds. The molecule has 2 aromatic rings. The van der Waals surface area contributed by atoms with Crippen molar-refractivity contribution in [1.29, 1.82) is 5.26 Å². The van der Waals surface area contributed by atoms with Crippen molar-refractivity contribution in [1.82, 2.24) is 0 Å².